The third kappa shape index (κ3) is 7.00. The van der Waals surface area contributed by atoms with Crippen molar-refractivity contribution in [1.82, 2.24) is 0 Å². The number of rotatable bonds is 14. The molecule has 2 rings (SSSR count). The van der Waals surface area contributed by atoms with Crippen molar-refractivity contribution >= 4 is 95.2 Å². The SMILES string of the molecule is O=S(=O)(O)C(O)[C@H]1O[C@@H](SCC(S)CO)[C@@](O)(S(=O)(=O)O)[C@](O)(S(=O)(=O)O)[C@@]1(O)[C@@H]1O[C@H](C(O)S(=O)(=O)O)[C@](O)(S(=O)(=O)O)[C@@](O)(S(=O)(=O)O)[C@]1(O)S(=O)(=O)O. The van der Waals surface area contributed by atoms with Gasteiger partial charge in [-0.05, 0) is 0 Å². The van der Waals surface area contributed by atoms with Gasteiger partial charge in [0.2, 0.25) is 10.9 Å². The lowest BCUT2D eigenvalue weighted by Crippen LogP contribution is -2.95. The second kappa shape index (κ2) is 14.6. The van der Waals surface area contributed by atoms with Crippen molar-refractivity contribution in [3.63, 3.8) is 0 Å². The van der Waals surface area contributed by atoms with Crippen molar-refractivity contribution in [2.24, 2.45) is 0 Å². The fraction of sp³-hybridized carbons (Fsp3) is 1.00. The molecule has 334 valence electrons. The van der Waals surface area contributed by atoms with Gasteiger partial charge in [-0.15, -0.1) is 11.8 Å². The van der Waals surface area contributed by atoms with E-state index in [1.807, 2.05) is 0 Å². The first-order valence-electron chi connectivity index (χ1n) is 12.9. The first kappa shape index (κ1) is 51.8. The lowest BCUT2D eigenvalue weighted by Gasteiger charge is -2.64. The summed E-state index contributed by atoms with van der Waals surface area (Å²) < 4.78 is 255. The third-order valence-corrected chi connectivity index (χ3v) is 19.0. The number of aliphatic hydroxyl groups excluding tert-OH is 3. The van der Waals surface area contributed by atoms with Crippen LogP contribution in [0, 0.1) is 0 Å². The van der Waals surface area contributed by atoms with Crippen LogP contribution in [0.3, 0.4) is 0 Å². The lowest BCUT2D eigenvalue weighted by atomic mass is 9.73. The summed E-state index contributed by atoms with van der Waals surface area (Å²) in [7, 11) is -52.9. The van der Waals surface area contributed by atoms with E-state index in [4.69, 9.17) is 0 Å². The van der Waals surface area contributed by atoms with Gasteiger partial charge in [0.1, 0.15) is 12.2 Å². The van der Waals surface area contributed by atoms with Gasteiger partial charge in [-0.1, -0.05) is 0 Å². The van der Waals surface area contributed by atoms with Crippen LogP contribution in [0.25, 0.3) is 0 Å². The molecule has 0 spiro atoms. The second-order valence-corrected chi connectivity index (χ2v) is 24.0. The average molecular weight is 1010 g/mol. The standard InChI is InChI=1S/C15H28O32S9/c16-1-3(48)2-49-9-13(22,54(37,38)39)14(23,55(40,41)42)10(19,4(47-9)6(17)50(25,26)27)8-12(21,53(34,35)36)15(24,56(43,44)45)11(20,52(31,32)33)5(46-8)7(18)51(28,29)30/h3-9,16-24,48H,1-2H2,(H,25,26,27)(H,28,29,30)(H,31,32,33)(H,34,35,36)(H,37,38,39)(H,40,41,42)(H,43,44,45)/t3?,4-,5-,6?,7?,8+,9+,10+,11+,12-,13-,14-,15-/m1/s1. The fourth-order valence-corrected chi connectivity index (χ4v) is 15.7. The highest BCUT2D eigenvalue weighted by molar-refractivity contribution is 8.02. The fourth-order valence-electron chi connectivity index (χ4n) is 5.61. The average Bonchev–Trinajstić information content (AvgIpc) is 2.97. The molecule has 3 unspecified atom stereocenters. The summed E-state index contributed by atoms with van der Waals surface area (Å²) in [4.78, 5) is -32.7. The van der Waals surface area contributed by atoms with Crippen molar-refractivity contribution in [3.05, 3.63) is 0 Å². The smallest absolute Gasteiger partial charge is 0.303 e. The van der Waals surface area contributed by atoms with Crippen LogP contribution >= 0.6 is 24.4 Å². The minimum atomic E-state index is -8.08. The molecule has 41 heteroatoms. The van der Waals surface area contributed by atoms with Gasteiger partial charge in [0, 0.05) is 11.0 Å². The minimum Gasteiger partial charge on any atom is -0.395 e. The maximum atomic E-state index is 13.1. The Kier molecular flexibility index (Phi) is 13.5. The van der Waals surface area contributed by atoms with Gasteiger partial charge in [0.15, 0.2) is 17.1 Å². The molecule has 0 saturated carbocycles. The molecule has 0 radical (unpaired) electrons. The molecule has 0 aliphatic carbocycles. The molecule has 2 fully saturated rings. The molecular weight excluding hydrogens is 981 g/mol. The molecule has 0 aromatic heterocycles. The Bertz CT molecular complexity index is 2360. The maximum Gasteiger partial charge on any atom is 0.303 e. The Balaban J connectivity index is 3.75. The first-order valence-corrected chi connectivity index (χ1v) is 24.7. The molecule has 2 saturated heterocycles. The normalized spacial score (nSPS) is 40.1. The number of thiol groups is 1. The van der Waals surface area contributed by atoms with Gasteiger partial charge in [0.25, 0.3) is 44.9 Å². The third-order valence-electron chi connectivity index (χ3n) is 8.15. The van der Waals surface area contributed by atoms with Gasteiger partial charge in [-0.2, -0.15) is 71.6 Å². The van der Waals surface area contributed by atoms with Crippen molar-refractivity contribution in [2.75, 3.05) is 12.4 Å². The molecule has 56 heavy (non-hydrogen) atoms. The van der Waals surface area contributed by atoms with Crippen LogP contribution in [-0.2, 0) is 80.3 Å². The summed E-state index contributed by atoms with van der Waals surface area (Å²) in [5, 5.41) is 97.4. The van der Waals surface area contributed by atoms with Crippen molar-refractivity contribution < 1.29 is 146 Å². The van der Waals surface area contributed by atoms with Crippen molar-refractivity contribution in [1.29, 1.82) is 0 Å². The number of thioether (sulfide) groups is 1. The van der Waals surface area contributed by atoms with Gasteiger partial charge < -0.3 is 55.4 Å². The molecule has 16 N–H and O–H groups in total. The van der Waals surface area contributed by atoms with E-state index in [0.717, 1.165) is 0 Å². The number of aliphatic hydroxyl groups is 9. The molecular formula is C15H28O32S9. The van der Waals surface area contributed by atoms with Gasteiger partial charge >= 0.3 is 50.6 Å². The molecule has 2 aliphatic rings. The summed E-state index contributed by atoms with van der Waals surface area (Å²) >= 11 is 2.99. The van der Waals surface area contributed by atoms with E-state index < -0.39 is 165 Å². The van der Waals surface area contributed by atoms with Crippen molar-refractivity contribution in [3.8, 4) is 0 Å². The molecule has 2 heterocycles. The predicted molar refractivity (Wildman–Crippen MR) is 172 cm³/mol. The molecule has 0 aromatic rings. The van der Waals surface area contributed by atoms with E-state index in [2.05, 4.69) is 22.1 Å². The van der Waals surface area contributed by atoms with E-state index >= 15 is 0 Å². The predicted octanol–water partition coefficient (Wildman–Crippen LogP) is -10.5. The zero-order valence-corrected chi connectivity index (χ0v) is 33.3. The molecule has 2 aliphatic heterocycles. The Morgan fingerprint density at radius 2 is 0.893 bits per heavy atom. The molecule has 0 bridgehead atoms. The largest absolute Gasteiger partial charge is 0.395 e. The summed E-state index contributed by atoms with van der Waals surface area (Å²) in [5.41, 5.74) is -19.6. The van der Waals surface area contributed by atoms with Crippen LogP contribution in [0.5, 0.6) is 0 Å². The lowest BCUT2D eigenvalue weighted by molar-refractivity contribution is -0.375. The molecule has 32 nitrogen and oxygen atoms in total. The Hall–Kier alpha value is -0.370. The Morgan fingerprint density at radius 1 is 0.536 bits per heavy atom. The second-order valence-electron chi connectivity index (χ2n) is 11.4. The van der Waals surface area contributed by atoms with E-state index in [-0.39, 0.29) is 0 Å². The highest BCUT2D eigenvalue weighted by atomic mass is 32.3. The number of ether oxygens (including phenoxy) is 2. The van der Waals surface area contributed by atoms with Crippen LogP contribution in [0.4, 0.5) is 0 Å². The van der Waals surface area contributed by atoms with Crippen LogP contribution < -0.4 is 0 Å². The minimum absolute atomic E-state index is 0.660. The summed E-state index contributed by atoms with van der Waals surface area (Å²) in [6, 6.07) is 0. The van der Waals surface area contributed by atoms with Gasteiger partial charge in [-0.25, -0.2) is 0 Å². The van der Waals surface area contributed by atoms with E-state index in [9.17, 15) is 137 Å². The monoisotopic (exact) mass is 1010 g/mol. The van der Waals surface area contributed by atoms with Gasteiger partial charge in [-0.3, -0.25) is 31.9 Å². The number of hydrogen-bond donors (Lipinski definition) is 17. The van der Waals surface area contributed by atoms with Gasteiger partial charge in [0.05, 0.1) is 6.61 Å². The van der Waals surface area contributed by atoms with E-state index in [1.165, 1.54) is 0 Å². The first-order chi connectivity index (χ1) is 24.2. The highest BCUT2D eigenvalue weighted by Gasteiger charge is 2.95. The summed E-state index contributed by atoms with van der Waals surface area (Å²) in [6.45, 7) is -1.13. The van der Waals surface area contributed by atoms with E-state index in [1.54, 1.807) is 0 Å². The van der Waals surface area contributed by atoms with E-state index in [0.29, 0.717) is 0 Å². The van der Waals surface area contributed by atoms with Crippen LogP contribution in [0.2, 0.25) is 0 Å². The summed E-state index contributed by atoms with van der Waals surface area (Å²) in [5.74, 6) is -1.17. The topological polar surface area (TPSA) is 581 Å². The quantitative estimate of drug-likeness (QED) is 0.0567. The highest BCUT2D eigenvalue weighted by Crippen LogP contribution is 2.62. The molecule has 0 aromatic carbocycles. The zero-order valence-electron chi connectivity index (χ0n) is 25.9. The molecule has 13 atom stereocenters. The van der Waals surface area contributed by atoms with Crippen LogP contribution in [0.1, 0.15) is 0 Å². The van der Waals surface area contributed by atoms with Crippen LogP contribution in [-0.4, -0.2) is 219 Å². The maximum absolute atomic E-state index is 13.1. The summed E-state index contributed by atoms with van der Waals surface area (Å²) in [6.07, 6.45) is -15.4. The molecule has 0 amide bonds. The Labute approximate surface area is 322 Å². The Morgan fingerprint density at radius 3 is 1.20 bits per heavy atom. The number of hydrogen-bond acceptors (Lipinski definition) is 27. The van der Waals surface area contributed by atoms with Crippen LogP contribution in [0.15, 0.2) is 0 Å². The zero-order chi connectivity index (χ0) is 45.1. The van der Waals surface area contributed by atoms with Crippen molar-refractivity contribution in [2.45, 2.75) is 70.1 Å².